The molecule has 3 N–H and O–H groups in total. The van der Waals surface area contributed by atoms with E-state index in [-0.39, 0.29) is 0 Å². The van der Waals surface area contributed by atoms with Crippen LogP contribution in [-0.4, -0.2) is 28.9 Å². The number of rotatable bonds is 3. The average molecular weight is 321 g/mol. The van der Waals surface area contributed by atoms with Crippen molar-refractivity contribution >= 4 is 32.8 Å². The summed E-state index contributed by atoms with van der Waals surface area (Å²) in [6, 6.07) is 8.91. The van der Waals surface area contributed by atoms with Crippen molar-refractivity contribution in [1.29, 1.82) is 0 Å². The summed E-state index contributed by atoms with van der Waals surface area (Å²) in [6.45, 7) is 0.592. The van der Waals surface area contributed by atoms with Gasteiger partial charge in [0, 0.05) is 34.2 Å². The molecular formula is C14H17BrN4. The predicted octanol–water partition coefficient (Wildman–Crippen LogP) is 2.84. The number of nitrogens with two attached hydrogens (primary N) is 1. The number of aromatic amines is 1. The summed E-state index contributed by atoms with van der Waals surface area (Å²) < 4.78 is 1.09. The van der Waals surface area contributed by atoms with Gasteiger partial charge in [-0.1, -0.05) is 15.9 Å². The van der Waals surface area contributed by atoms with Crippen molar-refractivity contribution in [3.8, 4) is 0 Å². The summed E-state index contributed by atoms with van der Waals surface area (Å²) in [7, 11) is 2.01. The molecule has 0 spiro atoms. The zero-order valence-electron chi connectivity index (χ0n) is 10.9. The second-order valence-electron chi connectivity index (χ2n) is 5.04. The average Bonchev–Trinajstić information content (AvgIpc) is 3.16. The number of nitrogens with zero attached hydrogens (tertiary/aromatic N) is 2. The Morgan fingerprint density at radius 3 is 3.00 bits per heavy atom. The molecule has 2 aromatic rings. The predicted molar refractivity (Wildman–Crippen MR) is 82.1 cm³/mol. The Morgan fingerprint density at radius 1 is 1.47 bits per heavy atom. The van der Waals surface area contributed by atoms with Gasteiger partial charge in [-0.2, -0.15) is 0 Å². The van der Waals surface area contributed by atoms with Gasteiger partial charge in [0.15, 0.2) is 5.96 Å². The van der Waals surface area contributed by atoms with E-state index in [0.29, 0.717) is 18.5 Å². The van der Waals surface area contributed by atoms with Gasteiger partial charge in [-0.05, 0) is 37.1 Å². The summed E-state index contributed by atoms with van der Waals surface area (Å²) in [6.07, 6.45) is 2.46. The highest BCUT2D eigenvalue weighted by Gasteiger charge is 2.27. The van der Waals surface area contributed by atoms with E-state index in [4.69, 9.17) is 5.73 Å². The minimum atomic E-state index is 0.592. The number of hydrogen-bond donors (Lipinski definition) is 2. The van der Waals surface area contributed by atoms with Crippen molar-refractivity contribution in [2.45, 2.75) is 25.4 Å². The Labute approximate surface area is 120 Å². The van der Waals surface area contributed by atoms with Crippen molar-refractivity contribution in [2.24, 2.45) is 10.7 Å². The molecule has 1 fully saturated rings. The lowest BCUT2D eigenvalue weighted by Gasteiger charge is -2.16. The zero-order valence-corrected chi connectivity index (χ0v) is 12.4. The number of aliphatic imine (C=N–C) groups is 1. The number of H-pyrrole nitrogens is 1. The molecule has 4 nitrogen and oxygen atoms in total. The van der Waals surface area contributed by atoms with Crippen LogP contribution < -0.4 is 5.73 Å². The van der Waals surface area contributed by atoms with E-state index < -0.39 is 0 Å². The first-order valence-corrected chi connectivity index (χ1v) is 7.22. The van der Waals surface area contributed by atoms with Crippen molar-refractivity contribution < 1.29 is 0 Å². The molecule has 5 heteroatoms. The van der Waals surface area contributed by atoms with Crippen LogP contribution in [-0.2, 0) is 6.54 Å². The third-order valence-corrected chi connectivity index (χ3v) is 4.00. The fraction of sp³-hybridized carbons (Fsp3) is 0.357. The molecule has 0 unspecified atom stereocenters. The molecule has 0 aliphatic heterocycles. The highest BCUT2D eigenvalue weighted by molar-refractivity contribution is 9.10. The monoisotopic (exact) mass is 320 g/mol. The van der Waals surface area contributed by atoms with E-state index in [0.717, 1.165) is 15.7 Å². The summed E-state index contributed by atoms with van der Waals surface area (Å²) in [5.74, 6) is 0.627. The van der Waals surface area contributed by atoms with Crippen molar-refractivity contribution in [3.63, 3.8) is 0 Å². The van der Waals surface area contributed by atoms with Crippen LogP contribution in [0.25, 0.3) is 10.9 Å². The van der Waals surface area contributed by atoms with Crippen LogP contribution in [0.4, 0.5) is 0 Å². The molecule has 0 saturated heterocycles. The van der Waals surface area contributed by atoms with E-state index in [2.05, 4.69) is 49.0 Å². The molecule has 0 bridgehead atoms. The quantitative estimate of drug-likeness (QED) is 0.675. The Hall–Kier alpha value is -1.49. The third kappa shape index (κ3) is 2.76. The Balaban J connectivity index is 1.75. The highest BCUT2D eigenvalue weighted by Crippen LogP contribution is 2.25. The van der Waals surface area contributed by atoms with E-state index in [1.54, 1.807) is 0 Å². The number of halogens is 1. The first kappa shape index (κ1) is 12.5. The molecule has 0 amide bonds. The second-order valence-corrected chi connectivity index (χ2v) is 5.96. The lowest BCUT2D eigenvalue weighted by molar-refractivity contribution is 0.487. The number of hydrogen-bond acceptors (Lipinski definition) is 1. The SMILES string of the molecule is CN(C(N)=NCc1cc2cc(Br)ccc2[nH]1)C1CC1. The van der Waals surface area contributed by atoms with Gasteiger partial charge >= 0.3 is 0 Å². The minimum absolute atomic E-state index is 0.592. The molecule has 3 rings (SSSR count). The van der Waals surface area contributed by atoms with Gasteiger partial charge in [-0.15, -0.1) is 0 Å². The van der Waals surface area contributed by atoms with Crippen LogP contribution in [0.1, 0.15) is 18.5 Å². The molecular weight excluding hydrogens is 304 g/mol. The highest BCUT2D eigenvalue weighted by atomic mass is 79.9. The number of nitrogens with one attached hydrogen (secondary N) is 1. The van der Waals surface area contributed by atoms with Crippen LogP contribution in [0, 0.1) is 0 Å². The molecule has 1 saturated carbocycles. The maximum Gasteiger partial charge on any atom is 0.191 e. The van der Waals surface area contributed by atoms with Crippen LogP contribution in [0.2, 0.25) is 0 Å². The molecule has 1 aromatic heterocycles. The Bertz CT molecular complexity index is 627. The molecule has 1 aromatic carbocycles. The van der Waals surface area contributed by atoms with E-state index in [9.17, 15) is 0 Å². The van der Waals surface area contributed by atoms with E-state index in [1.807, 2.05) is 13.1 Å². The standard InChI is InChI=1S/C14H17BrN4/c1-19(12-3-4-12)14(16)17-8-11-7-9-6-10(15)2-5-13(9)18-11/h2,5-7,12,18H,3-4,8H2,1H3,(H2,16,17). The molecule has 1 aliphatic rings. The van der Waals surface area contributed by atoms with Crippen molar-refractivity contribution in [3.05, 3.63) is 34.4 Å². The molecule has 1 heterocycles. The molecule has 0 atom stereocenters. The summed E-state index contributed by atoms with van der Waals surface area (Å²) in [5.41, 5.74) is 8.19. The maximum absolute atomic E-state index is 5.98. The minimum Gasteiger partial charge on any atom is -0.370 e. The van der Waals surface area contributed by atoms with Crippen LogP contribution >= 0.6 is 15.9 Å². The molecule has 0 radical (unpaired) electrons. The van der Waals surface area contributed by atoms with Crippen molar-refractivity contribution in [1.82, 2.24) is 9.88 Å². The Morgan fingerprint density at radius 2 is 2.26 bits per heavy atom. The van der Waals surface area contributed by atoms with E-state index in [1.165, 1.54) is 18.2 Å². The number of benzene rings is 1. The fourth-order valence-electron chi connectivity index (χ4n) is 2.18. The summed E-state index contributed by atoms with van der Waals surface area (Å²) in [5, 5.41) is 1.19. The normalized spacial score (nSPS) is 16.0. The first-order chi connectivity index (χ1) is 9.13. The van der Waals surface area contributed by atoms with Gasteiger partial charge in [-0.25, -0.2) is 4.99 Å². The van der Waals surface area contributed by atoms with Crippen LogP contribution in [0.15, 0.2) is 33.7 Å². The second kappa shape index (κ2) is 4.89. The summed E-state index contributed by atoms with van der Waals surface area (Å²) in [4.78, 5) is 9.88. The van der Waals surface area contributed by atoms with Gasteiger partial charge in [-0.3, -0.25) is 0 Å². The first-order valence-electron chi connectivity index (χ1n) is 6.43. The smallest absolute Gasteiger partial charge is 0.191 e. The van der Waals surface area contributed by atoms with Gasteiger partial charge in [0.1, 0.15) is 0 Å². The van der Waals surface area contributed by atoms with Crippen LogP contribution in [0.3, 0.4) is 0 Å². The van der Waals surface area contributed by atoms with Gasteiger partial charge in [0.25, 0.3) is 0 Å². The molecule has 1 aliphatic carbocycles. The van der Waals surface area contributed by atoms with Gasteiger partial charge < -0.3 is 15.6 Å². The Kier molecular flexibility index (Phi) is 3.22. The maximum atomic E-state index is 5.98. The number of fused-ring (bicyclic) bond motifs is 1. The zero-order chi connectivity index (χ0) is 13.4. The number of aromatic nitrogens is 1. The lowest BCUT2D eigenvalue weighted by Crippen LogP contribution is -2.35. The molecule has 100 valence electrons. The van der Waals surface area contributed by atoms with Gasteiger partial charge in [0.2, 0.25) is 0 Å². The lowest BCUT2D eigenvalue weighted by atomic mass is 10.2. The largest absolute Gasteiger partial charge is 0.370 e. The van der Waals surface area contributed by atoms with Crippen molar-refractivity contribution in [2.75, 3.05) is 7.05 Å². The third-order valence-electron chi connectivity index (χ3n) is 3.51. The van der Waals surface area contributed by atoms with Crippen LogP contribution in [0.5, 0.6) is 0 Å². The number of guanidine groups is 1. The summed E-state index contributed by atoms with van der Waals surface area (Å²) >= 11 is 3.48. The fourth-order valence-corrected chi connectivity index (χ4v) is 2.55. The molecule has 19 heavy (non-hydrogen) atoms. The van der Waals surface area contributed by atoms with Gasteiger partial charge in [0.05, 0.1) is 6.54 Å². The topological polar surface area (TPSA) is 57.4 Å². The van der Waals surface area contributed by atoms with E-state index >= 15 is 0 Å².